The van der Waals surface area contributed by atoms with E-state index in [1.165, 1.54) is 27.1 Å². The molecule has 2 heterocycles. The summed E-state index contributed by atoms with van der Waals surface area (Å²) in [4.78, 5) is 12.8. The molecule has 20 heavy (non-hydrogen) atoms. The maximum atomic E-state index is 11.4. The van der Waals surface area contributed by atoms with Gasteiger partial charge in [0.2, 0.25) is 5.91 Å². The van der Waals surface area contributed by atoms with Crippen LogP contribution in [0.1, 0.15) is 22.9 Å². The van der Waals surface area contributed by atoms with Gasteiger partial charge in [0.25, 0.3) is 0 Å². The molecule has 2 aromatic rings. The number of anilines is 1. The first kappa shape index (κ1) is 13.3. The molecule has 0 aliphatic carbocycles. The van der Waals surface area contributed by atoms with Crippen LogP contribution in [0.15, 0.2) is 24.3 Å². The standard InChI is InChI=1S/C16H18N2OS/c1-10-3-5-12(6-4-10)15-13-7-8-17-9-14(13)20-16(15)18-11(2)19/h3-6,17H,7-9H2,1-2H3,(H,18,19). The van der Waals surface area contributed by atoms with Crippen molar-refractivity contribution in [3.05, 3.63) is 40.3 Å². The van der Waals surface area contributed by atoms with Crippen LogP contribution >= 0.6 is 11.3 Å². The summed E-state index contributed by atoms with van der Waals surface area (Å²) in [6.45, 7) is 5.56. The molecule has 0 saturated heterocycles. The van der Waals surface area contributed by atoms with Crippen LogP contribution in [0.3, 0.4) is 0 Å². The highest BCUT2D eigenvalue weighted by molar-refractivity contribution is 7.17. The number of hydrogen-bond acceptors (Lipinski definition) is 3. The van der Waals surface area contributed by atoms with Gasteiger partial charge >= 0.3 is 0 Å². The Bertz CT molecular complexity index is 643. The highest BCUT2D eigenvalue weighted by atomic mass is 32.1. The molecule has 0 atom stereocenters. The number of hydrogen-bond donors (Lipinski definition) is 2. The molecule has 1 amide bonds. The SMILES string of the molecule is CC(=O)Nc1sc2c(c1-c1ccc(C)cc1)CCNC2. The molecule has 0 fully saturated rings. The first-order valence-electron chi connectivity index (χ1n) is 6.85. The van der Waals surface area contributed by atoms with Crippen LogP contribution in [0, 0.1) is 6.92 Å². The van der Waals surface area contributed by atoms with E-state index in [2.05, 4.69) is 41.8 Å². The lowest BCUT2D eigenvalue weighted by molar-refractivity contribution is -0.114. The van der Waals surface area contributed by atoms with E-state index >= 15 is 0 Å². The highest BCUT2D eigenvalue weighted by Crippen LogP contribution is 2.42. The van der Waals surface area contributed by atoms with Gasteiger partial charge < -0.3 is 10.6 Å². The van der Waals surface area contributed by atoms with Crippen LogP contribution in [-0.2, 0) is 17.8 Å². The Balaban J connectivity index is 2.13. The monoisotopic (exact) mass is 286 g/mol. The average Bonchev–Trinajstić information content (AvgIpc) is 2.77. The Morgan fingerprint density at radius 3 is 2.75 bits per heavy atom. The molecule has 0 bridgehead atoms. The van der Waals surface area contributed by atoms with Crippen LogP contribution in [-0.4, -0.2) is 12.5 Å². The van der Waals surface area contributed by atoms with E-state index < -0.39 is 0 Å². The lowest BCUT2D eigenvalue weighted by Gasteiger charge is -2.14. The minimum Gasteiger partial charge on any atom is -0.317 e. The van der Waals surface area contributed by atoms with Crippen molar-refractivity contribution in [1.82, 2.24) is 5.32 Å². The Hall–Kier alpha value is -1.65. The fraction of sp³-hybridized carbons (Fsp3) is 0.312. The number of carbonyl (C=O) groups excluding carboxylic acids is 1. The largest absolute Gasteiger partial charge is 0.317 e. The van der Waals surface area contributed by atoms with Gasteiger partial charge in [-0.15, -0.1) is 11.3 Å². The molecule has 1 aromatic carbocycles. The van der Waals surface area contributed by atoms with Crippen molar-refractivity contribution < 1.29 is 4.79 Å². The van der Waals surface area contributed by atoms with Gasteiger partial charge in [-0.05, 0) is 31.0 Å². The highest BCUT2D eigenvalue weighted by Gasteiger charge is 2.22. The Kier molecular flexibility index (Phi) is 3.59. The second-order valence-electron chi connectivity index (χ2n) is 5.18. The van der Waals surface area contributed by atoms with Crippen molar-refractivity contribution in [2.75, 3.05) is 11.9 Å². The Morgan fingerprint density at radius 2 is 2.05 bits per heavy atom. The maximum Gasteiger partial charge on any atom is 0.221 e. The number of fused-ring (bicyclic) bond motifs is 1. The molecule has 0 spiro atoms. The third-order valence-electron chi connectivity index (χ3n) is 3.56. The fourth-order valence-electron chi connectivity index (χ4n) is 2.61. The van der Waals surface area contributed by atoms with Gasteiger partial charge in [0.05, 0.1) is 0 Å². The molecule has 1 aliphatic rings. The summed E-state index contributed by atoms with van der Waals surface area (Å²) >= 11 is 1.69. The van der Waals surface area contributed by atoms with Crippen LogP contribution in [0.4, 0.5) is 5.00 Å². The summed E-state index contributed by atoms with van der Waals surface area (Å²) in [5.74, 6) is -0.00934. The van der Waals surface area contributed by atoms with Gasteiger partial charge in [0, 0.05) is 23.9 Å². The topological polar surface area (TPSA) is 41.1 Å². The normalized spacial score (nSPS) is 13.9. The molecule has 3 nitrogen and oxygen atoms in total. The van der Waals surface area contributed by atoms with Crippen LogP contribution < -0.4 is 10.6 Å². The number of benzene rings is 1. The van der Waals surface area contributed by atoms with Crippen molar-refractivity contribution in [3.63, 3.8) is 0 Å². The first-order valence-corrected chi connectivity index (χ1v) is 7.66. The van der Waals surface area contributed by atoms with E-state index in [4.69, 9.17) is 0 Å². The number of thiophene rings is 1. The summed E-state index contributed by atoms with van der Waals surface area (Å²) in [6.07, 6.45) is 1.02. The number of amides is 1. The van der Waals surface area contributed by atoms with E-state index in [1.807, 2.05) is 0 Å². The summed E-state index contributed by atoms with van der Waals surface area (Å²) in [7, 11) is 0. The summed E-state index contributed by atoms with van der Waals surface area (Å²) in [5.41, 5.74) is 5.04. The van der Waals surface area contributed by atoms with E-state index in [0.29, 0.717) is 0 Å². The summed E-state index contributed by atoms with van der Waals surface area (Å²) in [5, 5.41) is 7.37. The van der Waals surface area contributed by atoms with Crippen molar-refractivity contribution in [2.24, 2.45) is 0 Å². The molecule has 2 N–H and O–H groups in total. The fourth-order valence-corrected chi connectivity index (χ4v) is 3.89. The molecule has 1 aliphatic heterocycles. The minimum absolute atomic E-state index is 0.00934. The molecule has 0 unspecified atom stereocenters. The second kappa shape index (κ2) is 5.38. The Morgan fingerprint density at radius 1 is 1.30 bits per heavy atom. The third-order valence-corrected chi connectivity index (χ3v) is 4.71. The van der Waals surface area contributed by atoms with Crippen LogP contribution in [0.5, 0.6) is 0 Å². The zero-order valence-corrected chi connectivity index (χ0v) is 12.6. The van der Waals surface area contributed by atoms with Crippen LogP contribution in [0.25, 0.3) is 11.1 Å². The number of rotatable bonds is 2. The smallest absolute Gasteiger partial charge is 0.221 e. The Labute approximate surface area is 123 Å². The molecule has 0 saturated carbocycles. The van der Waals surface area contributed by atoms with Crippen molar-refractivity contribution in [3.8, 4) is 11.1 Å². The number of carbonyl (C=O) groups is 1. The van der Waals surface area contributed by atoms with E-state index in [1.54, 1.807) is 18.3 Å². The predicted octanol–water partition coefficient (Wildman–Crippen LogP) is 3.33. The summed E-state index contributed by atoms with van der Waals surface area (Å²) < 4.78 is 0. The maximum absolute atomic E-state index is 11.4. The third kappa shape index (κ3) is 2.49. The zero-order chi connectivity index (χ0) is 14.1. The van der Waals surface area contributed by atoms with Gasteiger partial charge in [-0.2, -0.15) is 0 Å². The molecule has 1 aromatic heterocycles. The lowest BCUT2D eigenvalue weighted by atomic mass is 9.97. The zero-order valence-electron chi connectivity index (χ0n) is 11.7. The number of aryl methyl sites for hydroxylation is 1. The molecular formula is C16H18N2OS. The molecule has 104 valence electrons. The van der Waals surface area contributed by atoms with Crippen molar-refractivity contribution >= 4 is 22.2 Å². The number of nitrogens with one attached hydrogen (secondary N) is 2. The molecule has 3 rings (SSSR count). The molecular weight excluding hydrogens is 268 g/mol. The van der Waals surface area contributed by atoms with Crippen molar-refractivity contribution in [1.29, 1.82) is 0 Å². The van der Waals surface area contributed by atoms with Gasteiger partial charge in [-0.1, -0.05) is 29.8 Å². The lowest BCUT2D eigenvalue weighted by Crippen LogP contribution is -2.22. The van der Waals surface area contributed by atoms with Gasteiger partial charge in [0.1, 0.15) is 5.00 Å². The average molecular weight is 286 g/mol. The summed E-state index contributed by atoms with van der Waals surface area (Å²) in [6, 6.07) is 8.53. The van der Waals surface area contributed by atoms with Crippen LogP contribution in [0.2, 0.25) is 0 Å². The minimum atomic E-state index is -0.00934. The van der Waals surface area contributed by atoms with Gasteiger partial charge in [-0.3, -0.25) is 4.79 Å². The van der Waals surface area contributed by atoms with Gasteiger partial charge in [-0.25, -0.2) is 0 Å². The van der Waals surface area contributed by atoms with Crippen molar-refractivity contribution in [2.45, 2.75) is 26.8 Å². The molecule has 0 radical (unpaired) electrons. The predicted molar refractivity (Wildman–Crippen MR) is 84.2 cm³/mol. The first-order chi connectivity index (χ1) is 9.65. The van der Waals surface area contributed by atoms with E-state index in [-0.39, 0.29) is 5.91 Å². The van der Waals surface area contributed by atoms with Gasteiger partial charge in [0.15, 0.2) is 0 Å². The quantitative estimate of drug-likeness (QED) is 0.889. The van der Waals surface area contributed by atoms with E-state index in [9.17, 15) is 4.79 Å². The molecule has 4 heteroatoms. The van der Waals surface area contributed by atoms with E-state index in [0.717, 1.165) is 24.5 Å². The second-order valence-corrected chi connectivity index (χ2v) is 6.29.